The van der Waals surface area contributed by atoms with Crippen LogP contribution in [0.4, 0.5) is 0 Å². The molecule has 7 atom stereocenters. The van der Waals surface area contributed by atoms with Crippen molar-refractivity contribution in [1.82, 2.24) is 29.7 Å². The molecule has 2 bridgehead atoms. The molecule has 1 aromatic heterocycles. The monoisotopic (exact) mass is 684 g/mol. The third-order valence-electron chi connectivity index (χ3n) is 10.4. The normalized spacial score (nSPS) is 24.9. The van der Waals surface area contributed by atoms with E-state index in [-0.39, 0.29) is 38.7 Å². The van der Waals surface area contributed by atoms with Gasteiger partial charge in [-0.2, -0.15) is 0 Å². The number of rotatable bonds is 15. The Balaban J connectivity index is 1.29. The average molecular weight is 685 g/mol. The van der Waals surface area contributed by atoms with Crippen LogP contribution in [-0.4, -0.2) is 109 Å². The molecule has 1 spiro atoms. The van der Waals surface area contributed by atoms with Gasteiger partial charge >= 0.3 is 5.97 Å². The van der Waals surface area contributed by atoms with Gasteiger partial charge in [0.2, 0.25) is 17.7 Å². The molecule has 3 aliphatic rings. The van der Waals surface area contributed by atoms with Gasteiger partial charge in [0.15, 0.2) is 0 Å². The number of benzene rings is 2. The number of carbonyl (C=O) groups is 4. The molecule has 1 N–H and O–H groups in total. The highest BCUT2D eigenvalue weighted by Crippen LogP contribution is 2.59. The summed E-state index contributed by atoms with van der Waals surface area (Å²) in [5.41, 5.74) is 0.803. The van der Waals surface area contributed by atoms with Crippen LogP contribution in [0.2, 0.25) is 0 Å². The molecule has 3 amide bonds. The molecule has 13 heteroatoms. The van der Waals surface area contributed by atoms with Crippen molar-refractivity contribution in [1.29, 1.82) is 0 Å². The Kier molecular flexibility index (Phi) is 10.2. The quantitative estimate of drug-likeness (QED) is 0.189. The van der Waals surface area contributed by atoms with Crippen LogP contribution in [0.25, 0.3) is 11.0 Å². The van der Waals surface area contributed by atoms with Gasteiger partial charge < -0.3 is 29.3 Å². The smallest absolute Gasteiger partial charge is 0.313 e. The molecule has 2 aromatic carbocycles. The number of likely N-dealkylation sites (N-methyl/N-ethyl adjacent to an activating group) is 1. The highest BCUT2D eigenvalue weighted by atomic mass is 16.6. The summed E-state index contributed by atoms with van der Waals surface area (Å²) >= 11 is 0. The maximum atomic E-state index is 14.6. The molecule has 0 aliphatic carbocycles. The van der Waals surface area contributed by atoms with Crippen LogP contribution in [-0.2, 0) is 35.3 Å². The molecular weight excluding hydrogens is 640 g/mol. The fourth-order valence-corrected chi connectivity index (χ4v) is 7.90. The highest BCUT2D eigenvalue weighted by Gasteiger charge is 2.75. The van der Waals surface area contributed by atoms with Crippen molar-refractivity contribution in [3.05, 3.63) is 85.5 Å². The number of aromatic nitrogens is 3. The number of allylic oxidation sites excluding steroid dienone is 1. The summed E-state index contributed by atoms with van der Waals surface area (Å²) in [6, 6.07) is 14.9. The van der Waals surface area contributed by atoms with Crippen LogP contribution < -0.4 is 0 Å². The van der Waals surface area contributed by atoms with E-state index in [4.69, 9.17) is 9.47 Å². The summed E-state index contributed by atoms with van der Waals surface area (Å²) in [6.45, 7) is 9.05. The lowest BCUT2D eigenvalue weighted by atomic mass is 9.70. The second kappa shape index (κ2) is 14.5. The number of fused-ring (bicyclic) bond motifs is 2. The number of nitrogens with zero attached hydrogens (tertiary/aromatic N) is 6. The largest absolute Gasteiger partial charge is 0.455 e. The average Bonchev–Trinajstić information content (AvgIpc) is 3.88. The van der Waals surface area contributed by atoms with Crippen molar-refractivity contribution in [2.75, 3.05) is 26.7 Å². The topological polar surface area (TPSA) is 147 Å². The van der Waals surface area contributed by atoms with E-state index in [1.54, 1.807) is 28.8 Å². The summed E-state index contributed by atoms with van der Waals surface area (Å²) < 4.78 is 14.5. The second-order valence-corrected chi connectivity index (χ2v) is 13.2. The van der Waals surface area contributed by atoms with Gasteiger partial charge in [-0.3, -0.25) is 19.2 Å². The van der Waals surface area contributed by atoms with Crippen molar-refractivity contribution < 1.29 is 33.8 Å². The number of hydrogen-bond acceptors (Lipinski definition) is 9. The summed E-state index contributed by atoms with van der Waals surface area (Å²) in [5, 5.41) is 18.5. The Morgan fingerprint density at radius 1 is 1.14 bits per heavy atom. The van der Waals surface area contributed by atoms with Crippen LogP contribution in [0.3, 0.4) is 0 Å². The number of hydrogen-bond donors (Lipinski definition) is 1. The second-order valence-electron chi connectivity index (χ2n) is 13.2. The molecule has 3 aliphatic heterocycles. The molecule has 3 fully saturated rings. The zero-order chi connectivity index (χ0) is 35.6. The van der Waals surface area contributed by atoms with Gasteiger partial charge in [-0.25, -0.2) is 4.68 Å². The number of likely N-dealkylation sites (tertiary alicyclic amines) is 1. The van der Waals surface area contributed by atoms with Crippen LogP contribution in [0, 0.1) is 11.8 Å². The predicted molar refractivity (Wildman–Crippen MR) is 183 cm³/mol. The van der Waals surface area contributed by atoms with Gasteiger partial charge in [0.25, 0.3) is 0 Å². The van der Waals surface area contributed by atoms with Crippen LogP contribution >= 0.6 is 0 Å². The molecule has 3 aromatic rings. The van der Waals surface area contributed by atoms with E-state index in [0.717, 1.165) is 5.52 Å². The van der Waals surface area contributed by atoms with Crippen molar-refractivity contribution >= 4 is 34.7 Å². The SMILES string of the molecule is C=CCCC(=O)N(C)[C@@H](C)[C@@H](OC(=O)[C@@H]1[C@@H]2CC[C@]3(O2)[C@H](C(=O)N(CC=C)Cn2nnc4ccccc42)N(CCO)C(=O)[C@@H]13)c1ccccc1. The molecule has 13 nitrogen and oxygen atoms in total. The number of carbonyl (C=O) groups excluding carboxylic acids is 4. The minimum atomic E-state index is -1.30. The van der Waals surface area contributed by atoms with Gasteiger partial charge in [-0.15, -0.1) is 18.3 Å². The van der Waals surface area contributed by atoms with Crippen molar-refractivity contribution in [3.63, 3.8) is 0 Å². The first-order valence-electron chi connectivity index (χ1n) is 17.1. The minimum Gasteiger partial charge on any atom is -0.455 e. The van der Waals surface area contributed by atoms with E-state index >= 15 is 0 Å². The van der Waals surface area contributed by atoms with Crippen LogP contribution in [0.15, 0.2) is 79.9 Å². The van der Waals surface area contributed by atoms with E-state index < -0.39 is 59.5 Å². The fourth-order valence-electron chi connectivity index (χ4n) is 7.90. The number of para-hydroxylation sites is 1. The molecule has 0 radical (unpaired) electrons. The van der Waals surface area contributed by atoms with Gasteiger partial charge in [0, 0.05) is 26.6 Å². The summed E-state index contributed by atoms with van der Waals surface area (Å²) in [5.74, 6) is -3.57. The lowest BCUT2D eigenvalue weighted by Crippen LogP contribution is -2.56. The predicted octanol–water partition coefficient (Wildman–Crippen LogP) is 2.87. The zero-order valence-electron chi connectivity index (χ0n) is 28.5. The van der Waals surface area contributed by atoms with E-state index in [2.05, 4.69) is 23.5 Å². The van der Waals surface area contributed by atoms with Gasteiger partial charge in [0.1, 0.15) is 29.9 Å². The zero-order valence-corrected chi connectivity index (χ0v) is 28.5. The van der Waals surface area contributed by atoms with E-state index in [1.165, 1.54) is 9.80 Å². The first kappa shape index (κ1) is 35.0. The molecule has 50 heavy (non-hydrogen) atoms. The lowest BCUT2D eigenvalue weighted by molar-refractivity contribution is -0.164. The molecule has 4 heterocycles. The molecule has 264 valence electrons. The lowest BCUT2D eigenvalue weighted by Gasteiger charge is -2.36. The molecule has 6 rings (SSSR count). The number of amides is 3. The van der Waals surface area contributed by atoms with E-state index in [0.29, 0.717) is 30.3 Å². The fraction of sp³-hybridized carbons (Fsp3) is 0.459. The van der Waals surface area contributed by atoms with Crippen molar-refractivity contribution in [2.45, 2.75) is 69.2 Å². The van der Waals surface area contributed by atoms with E-state index in [9.17, 15) is 24.3 Å². The minimum absolute atomic E-state index is 0.0361. The number of β-amino-alcohol motifs (C(OH)–C–C–N with tert-alkyl or cyclic N) is 1. The summed E-state index contributed by atoms with van der Waals surface area (Å²) in [4.78, 5) is 60.6. The number of aliphatic hydroxyl groups is 1. The molecule has 0 saturated carbocycles. The Hall–Kier alpha value is -4.88. The Morgan fingerprint density at radius 3 is 2.60 bits per heavy atom. The van der Waals surface area contributed by atoms with Gasteiger partial charge in [-0.05, 0) is 43.9 Å². The van der Waals surface area contributed by atoms with Gasteiger partial charge in [-0.1, -0.05) is 59.8 Å². The van der Waals surface area contributed by atoms with Crippen LogP contribution in [0.1, 0.15) is 44.3 Å². The maximum Gasteiger partial charge on any atom is 0.313 e. The summed E-state index contributed by atoms with van der Waals surface area (Å²) in [6.07, 6.45) is 3.40. The maximum absolute atomic E-state index is 14.6. The number of aliphatic hydroxyl groups excluding tert-OH is 1. The third kappa shape index (κ3) is 6.09. The Labute approximate surface area is 291 Å². The number of esters is 1. The first-order valence-corrected chi connectivity index (χ1v) is 17.1. The molecule has 0 unspecified atom stereocenters. The van der Waals surface area contributed by atoms with Gasteiger partial charge in [0.05, 0.1) is 36.1 Å². The standard InChI is InChI=1S/C37H44N6O7/c1-5-7-17-29(45)40(4)24(3)32(25-13-9-8-10-14-25)49-36(48)30-28-18-19-37(50-28)31(30)34(46)42(21-22-44)33(37)35(47)41(20-6-2)23-43-27-16-12-11-15-26(27)38-39-43/h5-6,8-16,24,28,30-33,44H,1-2,7,17-23H2,3-4H3/t24-,28-,30+,31+,32+,33-,37+/m0/s1. The third-order valence-corrected chi connectivity index (χ3v) is 10.4. The van der Waals surface area contributed by atoms with E-state index in [1.807, 2.05) is 61.5 Å². The first-order chi connectivity index (χ1) is 24.2. The van der Waals surface area contributed by atoms with Crippen molar-refractivity contribution in [3.8, 4) is 0 Å². The summed E-state index contributed by atoms with van der Waals surface area (Å²) in [7, 11) is 1.68. The Bertz CT molecular complexity index is 1760. The molecular formula is C37H44N6O7. The van der Waals surface area contributed by atoms with Crippen molar-refractivity contribution in [2.24, 2.45) is 11.8 Å². The molecule has 3 saturated heterocycles. The Morgan fingerprint density at radius 2 is 1.88 bits per heavy atom. The highest BCUT2D eigenvalue weighted by molar-refractivity contribution is 5.98. The number of ether oxygens (including phenoxy) is 2. The van der Waals surface area contributed by atoms with Crippen LogP contribution in [0.5, 0.6) is 0 Å².